The first-order valence-electron chi connectivity index (χ1n) is 4.86. The van der Waals surface area contributed by atoms with Crippen molar-refractivity contribution in [1.29, 1.82) is 0 Å². The van der Waals surface area contributed by atoms with E-state index in [0.29, 0.717) is 5.56 Å². The third-order valence-electron chi connectivity index (χ3n) is 2.04. The molecule has 0 fully saturated rings. The first kappa shape index (κ1) is 12.2. The summed E-state index contributed by atoms with van der Waals surface area (Å²) in [6.45, 7) is 4.85. The van der Waals surface area contributed by atoms with Gasteiger partial charge in [0.25, 0.3) is 0 Å². The first-order chi connectivity index (χ1) is 7.40. The van der Waals surface area contributed by atoms with Crippen molar-refractivity contribution in [2.24, 2.45) is 0 Å². The number of hydrogen-bond acceptors (Lipinski definition) is 4. The van der Waals surface area contributed by atoms with Gasteiger partial charge in [0.05, 0.1) is 5.97 Å². The van der Waals surface area contributed by atoms with Crippen molar-refractivity contribution in [3.8, 4) is 0 Å². The van der Waals surface area contributed by atoms with Gasteiger partial charge in [0.15, 0.2) is 6.10 Å². The lowest BCUT2D eigenvalue weighted by atomic mass is 10.0. The summed E-state index contributed by atoms with van der Waals surface area (Å²) >= 11 is 0. The maximum atomic E-state index is 10.9. The second-order valence-corrected chi connectivity index (χ2v) is 3.73. The van der Waals surface area contributed by atoms with Crippen molar-refractivity contribution < 1.29 is 19.4 Å². The Kier molecular flexibility index (Phi) is 3.66. The van der Waals surface area contributed by atoms with Gasteiger partial charge < -0.3 is 14.6 Å². The molecule has 0 amide bonds. The molecule has 1 rings (SSSR count). The van der Waals surface area contributed by atoms with Gasteiger partial charge in [0.1, 0.15) is 0 Å². The molecule has 4 heteroatoms. The Morgan fingerprint density at radius 3 is 2.06 bits per heavy atom. The van der Waals surface area contributed by atoms with E-state index in [1.54, 1.807) is 12.1 Å². The Labute approximate surface area is 93.9 Å². The second-order valence-electron chi connectivity index (χ2n) is 3.73. The number of carbonyl (C=O) groups is 2. The minimum atomic E-state index is -1.42. The molecular formula is C12H13O4-. The molecular weight excluding hydrogens is 208 g/mol. The van der Waals surface area contributed by atoms with E-state index in [1.807, 2.05) is 19.9 Å². The van der Waals surface area contributed by atoms with Gasteiger partial charge in [-0.05, 0) is 19.4 Å². The van der Waals surface area contributed by atoms with Crippen LogP contribution in [0.4, 0.5) is 0 Å². The highest BCUT2D eigenvalue weighted by Gasteiger charge is 2.16. The zero-order chi connectivity index (χ0) is 12.3. The number of esters is 1. The number of carbonyl (C=O) groups excluding carboxylic acids is 2. The molecule has 0 aliphatic carbocycles. The van der Waals surface area contributed by atoms with E-state index in [0.717, 1.165) is 11.1 Å². The summed E-state index contributed by atoms with van der Waals surface area (Å²) in [5.74, 6) is -2.06. The van der Waals surface area contributed by atoms with Gasteiger partial charge in [-0.1, -0.05) is 29.3 Å². The molecule has 0 N–H and O–H groups in total. The molecule has 0 aromatic heterocycles. The second kappa shape index (κ2) is 4.79. The lowest BCUT2D eigenvalue weighted by Crippen LogP contribution is -2.32. The van der Waals surface area contributed by atoms with E-state index in [4.69, 9.17) is 4.74 Å². The van der Waals surface area contributed by atoms with Gasteiger partial charge in [0.2, 0.25) is 0 Å². The number of hydrogen-bond donors (Lipinski definition) is 0. The van der Waals surface area contributed by atoms with E-state index in [9.17, 15) is 14.7 Å². The number of carboxylic acids is 1. The van der Waals surface area contributed by atoms with Gasteiger partial charge in [0, 0.05) is 6.92 Å². The van der Waals surface area contributed by atoms with Crippen LogP contribution in [0, 0.1) is 13.8 Å². The predicted octanol–water partition coefficient (Wildman–Crippen LogP) is 0.658. The van der Waals surface area contributed by atoms with Crippen LogP contribution >= 0.6 is 0 Å². The Bertz CT molecular complexity index is 403. The molecule has 0 saturated carbocycles. The van der Waals surface area contributed by atoms with Crippen LogP contribution in [0.5, 0.6) is 0 Å². The highest BCUT2D eigenvalue weighted by atomic mass is 16.6. The fraction of sp³-hybridized carbons (Fsp3) is 0.333. The molecule has 0 saturated heterocycles. The van der Waals surface area contributed by atoms with Gasteiger partial charge in [-0.25, -0.2) is 0 Å². The maximum absolute atomic E-state index is 10.9. The van der Waals surface area contributed by atoms with E-state index in [-0.39, 0.29) is 0 Å². The third-order valence-corrected chi connectivity index (χ3v) is 2.04. The Morgan fingerprint density at radius 1 is 1.19 bits per heavy atom. The molecule has 16 heavy (non-hydrogen) atoms. The van der Waals surface area contributed by atoms with Crippen molar-refractivity contribution in [3.05, 3.63) is 34.9 Å². The summed E-state index contributed by atoms with van der Waals surface area (Å²) in [4.78, 5) is 21.7. The van der Waals surface area contributed by atoms with Crippen LogP contribution in [0.15, 0.2) is 18.2 Å². The fourth-order valence-corrected chi connectivity index (χ4v) is 1.58. The number of rotatable bonds is 3. The van der Waals surface area contributed by atoms with Crippen LogP contribution in [-0.2, 0) is 14.3 Å². The quantitative estimate of drug-likeness (QED) is 0.703. The molecule has 0 radical (unpaired) electrons. The van der Waals surface area contributed by atoms with Crippen LogP contribution in [-0.4, -0.2) is 11.9 Å². The minimum Gasteiger partial charge on any atom is -0.546 e. The average Bonchev–Trinajstić information content (AvgIpc) is 2.11. The molecule has 1 atom stereocenters. The van der Waals surface area contributed by atoms with E-state index >= 15 is 0 Å². The Hall–Kier alpha value is -1.84. The van der Waals surface area contributed by atoms with E-state index in [1.165, 1.54) is 6.92 Å². The summed E-state index contributed by atoms with van der Waals surface area (Å²) in [7, 11) is 0. The summed E-state index contributed by atoms with van der Waals surface area (Å²) in [6.07, 6.45) is -1.34. The SMILES string of the molecule is CC(=O)OC(C(=O)[O-])c1cc(C)cc(C)c1. The number of ether oxygens (including phenoxy) is 1. The normalized spacial score (nSPS) is 11.9. The lowest BCUT2D eigenvalue weighted by Gasteiger charge is -2.19. The standard InChI is InChI=1S/C12H14O4/c1-7-4-8(2)6-10(5-7)11(12(14)15)16-9(3)13/h4-6,11H,1-3H3,(H,14,15)/p-1. The van der Waals surface area contributed by atoms with Crippen molar-refractivity contribution in [3.63, 3.8) is 0 Å². The monoisotopic (exact) mass is 221 g/mol. The summed E-state index contributed by atoms with van der Waals surface area (Å²) in [5.41, 5.74) is 2.24. The summed E-state index contributed by atoms with van der Waals surface area (Å²) in [6, 6.07) is 5.23. The third kappa shape index (κ3) is 3.08. The van der Waals surface area contributed by atoms with Crippen molar-refractivity contribution >= 4 is 11.9 Å². The van der Waals surface area contributed by atoms with E-state index < -0.39 is 18.0 Å². The number of aryl methyl sites for hydroxylation is 2. The molecule has 0 heterocycles. The van der Waals surface area contributed by atoms with Gasteiger partial charge in [-0.15, -0.1) is 0 Å². The van der Waals surface area contributed by atoms with Crippen LogP contribution in [0.2, 0.25) is 0 Å². The lowest BCUT2D eigenvalue weighted by molar-refractivity contribution is -0.316. The van der Waals surface area contributed by atoms with Crippen molar-refractivity contribution in [1.82, 2.24) is 0 Å². The highest BCUT2D eigenvalue weighted by molar-refractivity contribution is 5.77. The maximum Gasteiger partial charge on any atom is 0.303 e. The first-order valence-corrected chi connectivity index (χ1v) is 4.86. The Morgan fingerprint density at radius 2 is 1.69 bits per heavy atom. The number of benzene rings is 1. The molecule has 1 aromatic carbocycles. The molecule has 0 aliphatic rings. The largest absolute Gasteiger partial charge is 0.546 e. The topological polar surface area (TPSA) is 66.4 Å². The molecule has 0 aliphatic heterocycles. The van der Waals surface area contributed by atoms with Gasteiger partial charge in [-0.3, -0.25) is 4.79 Å². The molecule has 0 bridgehead atoms. The van der Waals surface area contributed by atoms with Crippen molar-refractivity contribution in [2.75, 3.05) is 0 Å². The van der Waals surface area contributed by atoms with Crippen LogP contribution in [0.1, 0.15) is 29.7 Å². The Balaban J connectivity index is 3.10. The van der Waals surface area contributed by atoms with Crippen LogP contribution < -0.4 is 5.11 Å². The molecule has 0 spiro atoms. The average molecular weight is 221 g/mol. The zero-order valence-corrected chi connectivity index (χ0v) is 9.44. The van der Waals surface area contributed by atoms with E-state index in [2.05, 4.69) is 0 Å². The number of carboxylic acid groups (broad SMARTS) is 1. The molecule has 1 aromatic rings. The molecule has 4 nitrogen and oxygen atoms in total. The summed E-state index contributed by atoms with van der Waals surface area (Å²) in [5, 5.41) is 10.9. The summed E-state index contributed by atoms with van der Waals surface area (Å²) < 4.78 is 4.71. The molecule has 86 valence electrons. The van der Waals surface area contributed by atoms with Crippen LogP contribution in [0.25, 0.3) is 0 Å². The fourth-order valence-electron chi connectivity index (χ4n) is 1.58. The van der Waals surface area contributed by atoms with Gasteiger partial charge in [-0.2, -0.15) is 0 Å². The predicted molar refractivity (Wildman–Crippen MR) is 55.4 cm³/mol. The number of aliphatic carboxylic acids is 1. The highest BCUT2D eigenvalue weighted by Crippen LogP contribution is 2.20. The zero-order valence-electron chi connectivity index (χ0n) is 9.44. The van der Waals surface area contributed by atoms with Crippen LogP contribution in [0.3, 0.4) is 0 Å². The smallest absolute Gasteiger partial charge is 0.303 e. The van der Waals surface area contributed by atoms with Crippen molar-refractivity contribution in [2.45, 2.75) is 26.9 Å². The molecule has 1 unspecified atom stereocenters. The minimum absolute atomic E-state index is 0.424. The van der Waals surface area contributed by atoms with Gasteiger partial charge >= 0.3 is 5.97 Å².